The lowest BCUT2D eigenvalue weighted by atomic mass is 10.3. The van der Waals surface area contributed by atoms with Gasteiger partial charge in [-0.15, -0.1) is 0 Å². The fraction of sp³-hybridized carbons (Fsp3) is 0.545. The maximum absolute atomic E-state index is 12.3. The van der Waals surface area contributed by atoms with E-state index in [0.29, 0.717) is 23.3 Å². The van der Waals surface area contributed by atoms with Gasteiger partial charge < -0.3 is 30.2 Å². The smallest absolute Gasteiger partial charge is 0.309 e. The zero-order valence-electron chi connectivity index (χ0n) is 19.8. The molecule has 2 aliphatic heterocycles. The number of anilines is 2. The molecule has 2 saturated heterocycles. The zero-order chi connectivity index (χ0) is 23.9. The quantitative estimate of drug-likeness (QED) is 0.495. The van der Waals surface area contributed by atoms with Crippen LogP contribution >= 0.6 is 0 Å². The van der Waals surface area contributed by atoms with Gasteiger partial charge in [0.25, 0.3) is 0 Å². The molecule has 4 rings (SSSR count). The van der Waals surface area contributed by atoms with E-state index < -0.39 is 11.8 Å². The van der Waals surface area contributed by atoms with Crippen LogP contribution in [0.4, 0.5) is 11.9 Å². The Morgan fingerprint density at radius 3 is 1.47 bits per heavy atom. The summed E-state index contributed by atoms with van der Waals surface area (Å²) >= 11 is 0. The van der Waals surface area contributed by atoms with Crippen molar-refractivity contribution in [3.05, 3.63) is 35.9 Å². The Hall–Kier alpha value is -3.38. The topological polar surface area (TPSA) is 123 Å². The predicted octanol–water partition coefficient (Wildman–Crippen LogP) is -1.30. The van der Waals surface area contributed by atoms with Gasteiger partial charge in [-0.25, -0.2) is 19.9 Å². The van der Waals surface area contributed by atoms with Crippen LogP contribution in [0.5, 0.6) is 0 Å². The number of nitrogens with one attached hydrogen (secondary N) is 2. The number of carbonyl (C=O) groups is 2. The summed E-state index contributed by atoms with van der Waals surface area (Å²) in [6.07, 6.45) is 3.35. The first-order chi connectivity index (χ1) is 16.5. The standard InChI is InChI=1S/C22H32N10O2/c1-29-7-11-31(12-8-29)21-23-5-3-17(27-21)15-25-19(33)20(34)26-16-18-4-6-24-22(28-18)32-13-9-30(2)10-14-32/h3-6H,7-16H2,1-2H3,(H,25,33)(H,26,34). The number of hydrogen-bond acceptors (Lipinski definition) is 10. The highest BCUT2D eigenvalue weighted by molar-refractivity contribution is 6.35. The van der Waals surface area contributed by atoms with E-state index in [1.165, 1.54) is 0 Å². The molecule has 182 valence electrons. The molecule has 0 unspecified atom stereocenters. The Bertz CT molecular complexity index is 908. The van der Waals surface area contributed by atoms with Gasteiger partial charge in [0, 0.05) is 64.8 Å². The van der Waals surface area contributed by atoms with Crippen LogP contribution in [-0.4, -0.2) is 108 Å². The second kappa shape index (κ2) is 11.2. The SMILES string of the molecule is CN1CCN(c2nccc(CNC(=O)C(=O)NCc3ccnc(N4CCN(C)CC4)n3)n2)CC1. The van der Waals surface area contributed by atoms with Crippen molar-refractivity contribution in [3.63, 3.8) is 0 Å². The van der Waals surface area contributed by atoms with Crippen molar-refractivity contribution < 1.29 is 9.59 Å². The largest absolute Gasteiger partial charge is 0.342 e. The van der Waals surface area contributed by atoms with E-state index in [1.54, 1.807) is 24.5 Å². The van der Waals surface area contributed by atoms with E-state index in [9.17, 15) is 9.59 Å². The van der Waals surface area contributed by atoms with Crippen molar-refractivity contribution in [2.45, 2.75) is 13.1 Å². The summed E-state index contributed by atoms with van der Waals surface area (Å²) in [5.74, 6) is -0.144. The lowest BCUT2D eigenvalue weighted by Gasteiger charge is -2.32. The number of hydrogen-bond donors (Lipinski definition) is 2. The Morgan fingerprint density at radius 2 is 1.09 bits per heavy atom. The van der Waals surface area contributed by atoms with Crippen LogP contribution in [0.25, 0.3) is 0 Å². The number of carbonyl (C=O) groups excluding carboxylic acids is 2. The first-order valence-corrected chi connectivity index (χ1v) is 11.5. The summed E-state index contributed by atoms with van der Waals surface area (Å²) in [6, 6.07) is 3.47. The third kappa shape index (κ3) is 6.35. The van der Waals surface area contributed by atoms with Gasteiger partial charge in [-0.1, -0.05) is 0 Å². The van der Waals surface area contributed by atoms with Gasteiger partial charge in [0.1, 0.15) is 0 Å². The number of rotatable bonds is 6. The molecule has 0 saturated carbocycles. The van der Waals surface area contributed by atoms with E-state index in [1.807, 2.05) is 0 Å². The normalized spacial score (nSPS) is 17.5. The molecule has 2 fully saturated rings. The molecule has 12 heteroatoms. The Kier molecular flexibility index (Phi) is 7.80. The third-order valence-electron chi connectivity index (χ3n) is 6.04. The molecule has 0 atom stereocenters. The first-order valence-electron chi connectivity index (χ1n) is 11.5. The fourth-order valence-corrected chi connectivity index (χ4v) is 3.79. The highest BCUT2D eigenvalue weighted by atomic mass is 16.2. The second-order valence-electron chi connectivity index (χ2n) is 8.64. The maximum atomic E-state index is 12.3. The van der Waals surface area contributed by atoms with Crippen LogP contribution < -0.4 is 20.4 Å². The van der Waals surface area contributed by atoms with Gasteiger partial charge in [0.15, 0.2) is 0 Å². The van der Waals surface area contributed by atoms with Crippen LogP contribution in [0.1, 0.15) is 11.4 Å². The first kappa shape index (κ1) is 23.8. The van der Waals surface area contributed by atoms with E-state index in [4.69, 9.17) is 0 Å². The van der Waals surface area contributed by atoms with Gasteiger partial charge in [-0.05, 0) is 26.2 Å². The molecule has 12 nitrogen and oxygen atoms in total. The van der Waals surface area contributed by atoms with Crippen molar-refractivity contribution in [1.82, 2.24) is 40.4 Å². The summed E-state index contributed by atoms with van der Waals surface area (Å²) < 4.78 is 0. The molecule has 34 heavy (non-hydrogen) atoms. The molecular weight excluding hydrogens is 436 g/mol. The molecule has 2 amide bonds. The summed E-state index contributed by atoms with van der Waals surface area (Å²) in [4.78, 5) is 51.1. The van der Waals surface area contributed by atoms with Gasteiger partial charge in [-0.3, -0.25) is 9.59 Å². The number of likely N-dealkylation sites (N-methyl/N-ethyl adjacent to an activating group) is 2. The second-order valence-corrected chi connectivity index (χ2v) is 8.64. The molecule has 0 aromatic carbocycles. The van der Waals surface area contributed by atoms with Crippen molar-refractivity contribution >= 4 is 23.7 Å². The van der Waals surface area contributed by atoms with Crippen molar-refractivity contribution in [3.8, 4) is 0 Å². The zero-order valence-corrected chi connectivity index (χ0v) is 19.8. The van der Waals surface area contributed by atoms with Crippen LogP contribution in [0.3, 0.4) is 0 Å². The monoisotopic (exact) mass is 468 g/mol. The van der Waals surface area contributed by atoms with E-state index in [2.05, 4.69) is 64.3 Å². The fourth-order valence-electron chi connectivity index (χ4n) is 3.79. The average molecular weight is 469 g/mol. The number of amides is 2. The minimum Gasteiger partial charge on any atom is -0.342 e. The van der Waals surface area contributed by atoms with Crippen LogP contribution in [0.15, 0.2) is 24.5 Å². The third-order valence-corrected chi connectivity index (χ3v) is 6.04. The van der Waals surface area contributed by atoms with Crippen LogP contribution in [0, 0.1) is 0 Å². The van der Waals surface area contributed by atoms with E-state index in [0.717, 1.165) is 52.4 Å². The van der Waals surface area contributed by atoms with Crippen LogP contribution in [0.2, 0.25) is 0 Å². The van der Waals surface area contributed by atoms with E-state index in [-0.39, 0.29) is 13.1 Å². The molecule has 0 aliphatic carbocycles. The molecular formula is C22H32N10O2. The molecule has 0 radical (unpaired) electrons. The highest BCUT2D eigenvalue weighted by Gasteiger charge is 2.19. The lowest BCUT2D eigenvalue weighted by Crippen LogP contribution is -2.45. The minimum atomic E-state index is -0.715. The molecule has 2 aromatic rings. The number of aromatic nitrogens is 4. The summed E-state index contributed by atoms with van der Waals surface area (Å²) in [5, 5.41) is 5.25. The maximum Gasteiger partial charge on any atom is 0.309 e. The summed E-state index contributed by atoms with van der Waals surface area (Å²) in [6.45, 7) is 7.53. The highest BCUT2D eigenvalue weighted by Crippen LogP contribution is 2.11. The molecule has 2 N–H and O–H groups in total. The predicted molar refractivity (Wildman–Crippen MR) is 127 cm³/mol. The molecule has 4 heterocycles. The van der Waals surface area contributed by atoms with Crippen LogP contribution in [-0.2, 0) is 22.7 Å². The Labute approximate surface area is 199 Å². The number of nitrogens with zero attached hydrogens (tertiary/aromatic N) is 8. The number of piperazine rings is 2. The molecule has 2 aliphatic rings. The van der Waals surface area contributed by atoms with Gasteiger partial charge in [-0.2, -0.15) is 0 Å². The molecule has 0 bridgehead atoms. The lowest BCUT2D eigenvalue weighted by molar-refractivity contribution is -0.139. The molecule has 0 spiro atoms. The minimum absolute atomic E-state index is 0.149. The van der Waals surface area contributed by atoms with Gasteiger partial charge >= 0.3 is 11.8 Å². The van der Waals surface area contributed by atoms with E-state index >= 15 is 0 Å². The average Bonchev–Trinajstić information content (AvgIpc) is 2.87. The van der Waals surface area contributed by atoms with Crippen molar-refractivity contribution in [2.24, 2.45) is 0 Å². The summed E-state index contributed by atoms with van der Waals surface area (Å²) in [5.41, 5.74) is 1.30. The van der Waals surface area contributed by atoms with Crippen molar-refractivity contribution in [1.29, 1.82) is 0 Å². The Morgan fingerprint density at radius 1 is 0.706 bits per heavy atom. The van der Waals surface area contributed by atoms with Crippen molar-refractivity contribution in [2.75, 3.05) is 76.3 Å². The summed E-state index contributed by atoms with van der Waals surface area (Å²) in [7, 11) is 4.18. The van der Waals surface area contributed by atoms with Gasteiger partial charge in [0.05, 0.1) is 24.5 Å². The Balaban J connectivity index is 1.24. The van der Waals surface area contributed by atoms with Gasteiger partial charge in [0.2, 0.25) is 11.9 Å². The molecule has 2 aromatic heterocycles.